The molecule has 0 fully saturated rings. The fraction of sp³-hybridized carbons (Fsp3) is 0.583. The third kappa shape index (κ3) is 4.60. The second kappa shape index (κ2) is 7.31. The molecule has 0 aliphatic heterocycles. The van der Waals surface area contributed by atoms with Crippen LogP contribution in [0.1, 0.15) is 26.1 Å². The van der Waals surface area contributed by atoms with Crippen molar-refractivity contribution in [1.82, 2.24) is 14.9 Å². The molecule has 1 aromatic heterocycles. The summed E-state index contributed by atoms with van der Waals surface area (Å²) in [5.74, 6) is 1.51. The molecule has 5 nitrogen and oxygen atoms in total. The number of anilines is 1. The van der Waals surface area contributed by atoms with Crippen molar-refractivity contribution in [2.75, 3.05) is 25.5 Å². The predicted molar refractivity (Wildman–Crippen MR) is 75.5 cm³/mol. The number of nitrogens with zero attached hydrogens (tertiary/aromatic N) is 3. The summed E-state index contributed by atoms with van der Waals surface area (Å²) < 4.78 is 0.736. The summed E-state index contributed by atoms with van der Waals surface area (Å²) in [4.78, 5) is 21.9. The molecule has 18 heavy (non-hydrogen) atoms. The number of aryl methyl sites for hydroxylation is 1. The summed E-state index contributed by atoms with van der Waals surface area (Å²) in [6.45, 7) is 4.98. The minimum atomic E-state index is 0.0456. The molecule has 0 unspecified atom stereocenters. The Labute approximate surface area is 116 Å². The van der Waals surface area contributed by atoms with E-state index in [-0.39, 0.29) is 12.5 Å². The summed E-state index contributed by atoms with van der Waals surface area (Å²) in [6.07, 6.45) is 1.82. The monoisotopic (exact) mass is 314 g/mol. The van der Waals surface area contributed by atoms with E-state index in [1.165, 1.54) is 0 Å². The fourth-order valence-electron chi connectivity index (χ4n) is 1.37. The van der Waals surface area contributed by atoms with Gasteiger partial charge < -0.3 is 10.2 Å². The minimum Gasteiger partial charge on any atom is -0.361 e. The van der Waals surface area contributed by atoms with Crippen LogP contribution >= 0.6 is 15.9 Å². The average molecular weight is 315 g/mol. The van der Waals surface area contributed by atoms with Gasteiger partial charge in [0.1, 0.15) is 16.2 Å². The topological polar surface area (TPSA) is 58.1 Å². The van der Waals surface area contributed by atoms with Crippen LogP contribution in [0.2, 0.25) is 0 Å². The van der Waals surface area contributed by atoms with Crippen molar-refractivity contribution in [3.8, 4) is 0 Å². The quantitative estimate of drug-likeness (QED) is 0.817. The Morgan fingerprint density at radius 3 is 2.78 bits per heavy atom. The summed E-state index contributed by atoms with van der Waals surface area (Å²) in [5.41, 5.74) is 0. The lowest BCUT2D eigenvalue weighted by Gasteiger charge is -2.15. The van der Waals surface area contributed by atoms with Crippen molar-refractivity contribution in [3.05, 3.63) is 16.5 Å². The fourth-order valence-corrected chi connectivity index (χ4v) is 1.79. The van der Waals surface area contributed by atoms with Crippen molar-refractivity contribution >= 4 is 27.7 Å². The molecule has 0 aliphatic rings. The Bertz CT molecular complexity index is 411. The maximum atomic E-state index is 11.7. The second-order valence-corrected chi connectivity index (χ2v) is 4.82. The van der Waals surface area contributed by atoms with Gasteiger partial charge in [-0.3, -0.25) is 4.79 Å². The molecule has 0 aromatic carbocycles. The van der Waals surface area contributed by atoms with Gasteiger partial charge in [-0.2, -0.15) is 0 Å². The smallest absolute Gasteiger partial charge is 0.241 e. The van der Waals surface area contributed by atoms with Crippen LogP contribution in [0, 0.1) is 0 Å². The van der Waals surface area contributed by atoms with Crippen LogP contribution in [0.4, 0.5) is 5.82 Å². The van der Waals surface area contributed by atoms with Crippen LogP contribution in [-0.2, 0) is 11.2 Å². The Balaban J connectivity index is 2.64. The van der Waals surface area contributed by atoms with Crippen LogP contribution in [0.3, 0.4) is 0 Å². The molecule has 6 heteroatoms. The highest BCUT2D eigenvalue weighted by atomic mass is 79.9. The lowest BCUT2D eigenvalue weighted by Crippen LogP contribution is -2.32. The minimum absolute atomic E-state index is 0.0456. The standard InChI is InChI=1S/C12H19BrN4O/c1-4-6-10-15-9(13)7-11(16-10)14-8-12(18)17(3)5-2/h7H,4-6,8H2,1-3H3,(H,14,15,16). The first-order valence-corrected chi connectivity index (χ1v) is 6.87. The molecule has 1 amide bonds. The molecular formula is C12H19BrN4O. The van der Waals surface area contributed by atoms with Crippen molar-refractivity contribution in [2.24, 2.45) is 0 Å². The van der Waals surface area contributed by atoms with E-state index in [0.29, 0.717) is 12.4 Å². The van der Waals surface area contributed by atoms with E-state index in [2.05, 4.69) is 38.1 Å². The lowest BCUT2D eigenvalue weighted by molar-refractivity contribution is -0.127. The lowest BCUT2D eigenvalue weighted by atomic mass is 10.3. The van der Waals surface area contributed by atoms with E-state index in [1.807, 2.05) is 6.92 Å². The highest BCUT2D eigenvalue weighted by molar-refractivity contribution is 9.10. The molecule has 1 N–H and O–H groups in total. The first-order chi connectivity index (χ1) is 8.56. The number of hydrogen-bond donors (Lipinski definition) is 1. The predicted octanol–water partition coefficient (Wildman–Crippen LogP) is 2.08. The maximum absolute atomic E-state index is 11.7. The van der Waals surface area contributed by atoms with Gasteiger partial charge in [0.25, 0.3) is 0 Å². The maximum Gasteiger partial charge on any atom is 0.241 e. The van der Waals surface area contributed by atoms with E-state index >= 15 is 0 Å². The van der Waals surface area contributed by atoms with Gasteiger partial charge >= 0.3 is 0 Å². The van der Waals surface area contributed by atoms with Gasteiger partial charge in [-0.15, -0.1) is 0 Å². The Hall–Kier alpha value is -1.17. The molecule has 0 radical (unpaired) electrons. The van der Waals surface area contributed by atoms with Gasteiger partial charge in [0.2, 0.25) is 5.91 Å². The molecule has 1 rings (SSSR count). The van der Waals surface area contributed by atoms with Gasteiger partial charge in [0, 0.05) is 26.1 Å². The number of carbonyl (C=O) groups excluding carboxylic acids is 1. The summed E-state index contributed by atoms with van der Waals surface area (Å²) in [6, 6.07) is 1.78. The second-order valence-electron chi connectivity index (χ2n) is 4.00. The number of nitrogens with one attached hydrogen (secondary N) is 1. The Morgan fingerprint density at radius 2 is 2.17 bits per heavy atom. The molecule has 1 aromatic rings. The van der Waals surface area contributed by atoms with Gasteiger partial charge in [-0.05, 0) is 29.3 Å². The summed E-state index contributed by atoms with van der Waals surface area (Å²) in [5, 5.41) is 3.03. The van der Waals surface area contributed by atoms with E-state index in [1.54, 1.807) is 18.0 Å². The molecule has 0 saturated heterocycles. The summed E-state index contributed by atoms with van der Waals surface area (Å²) >= 11 is 3.35. The Kier molecular flexibility index (Phi) is 6.04. The normalized spacial score (nSPS) is 10.2. The number of aromatic nitrogens is 2. The van der Waals surface area contributed by atoms with Gasteiger partial charge in [0.05, 0.1) is 6.54 Å². The van der Waals surface area contributed by atoms with Crippen LogP contribution in [0.25, 0.3) is 0 Å². The number of amides is 1. The van der Waals surface area contributed by atoms with Crippen molar-refractivity contribution in [1.29, 1.82) is 0 Å². The molecule has 0 saturated carbocycles. The number of likely N-dealkylation sites (N-methyl/N-ethyl adjacent to an activating group) is 1. The first-order valence-electron chi connectivity index (χ1n) is 6.08. The van der Waals surface area contributed by atoms with Crippen LogP contribution in [-0.4, -0.2) is 40.9 Å². The van der Waals surface area contributed by atoms with E-state index in [4.69, 9.17) is 0 Å². The molecule has 0 spiro atoms. The van der Waals surface area contributed by atoms with Crippen LogP contribution < -0.4 is 5.32 Å². The van der Waals surface area contributed by atoms with E-state index in [0.717, 1.165) is 23.3 Å². The van der Waals surface area contributed by atoms with Gasteiger partial charge in [0.15, 0.2) is 0 Å². The third-order valence-electron chi connectivity index (χ3n) is 2.54. The average Bonchev–Trinajstić information content (AvgIpc) is 2.34. The zero-order valence-corrected chi connectivity index (χ0v) is 12.6. The highest BCUT2D eigenvalue weighted by Gasteiger charge is 2.07. The molecule has 1 heterocycles. The zero-order chi connectivity index (χ0) is 13.5. The van der Waals surface area contributed by atoms with Crippen LogP contribution in [0.5, 0.6) is 0 Å². The molecular weight excluding hydrogens is 296 g/mol. The van der Waals surface area contributed by atoms with E-state index < -0.39 is 0 Å². The van der Waals surface area contributed by atoms with Crippen LogP contribution in [0.15, 0.2) is 10.7 Å². The van der Waals surface area contributed by atoms with Crippen molar-refractivity contribution < 1.29 is 4.79 Å². The van der Waals surface area contributed by atoms with Crippen molar-refractivity contribution in [3.63, 3.8) is 0 Å². The summed E-state index contributed by atoms with van der Waals surface area (Å²) in [7, 11) is 1.78. The number of hydrogen-bond acceptors (Lipinski definition) is 4. The van der Waals surface area contributed by atoms with Crippen molar-refractivity contribution in [2.45, 2.75) is 26.7 Å². The third-order valence-corrected chi connectivity index (χ3v) is 2.94. The number of carbonyl (C=O) groups is 1. The highest BCUT2D eigenvalue weighted by Crippen LogP contribution is 2.13. The molecule has 100 valence electrons. The Morgan fingerprint density at radius 1 is 1.44 bits per heavy atom. The largest absolute Gasteiger partial charge is 0.361 e. The molecule has 0 atom stereocenters. The SMILES string of the molecule is CCCc1nc(Br)cc(NCC(=O)N(C)CC)n1. The number of halogens is 1. The first kappa shape index (κ1) is 14.9. The zero-order valence-electron chi connectivity index (χ0n) is 11.0. The molecule has 0 bridgehead atoms. The van der Waals surface area contributed by atoms with E-state index in [9.17, 15) is 4.79 Å². The molecule has 0 aliphatic carbocycles. The number of rotatable bonds is 6. The van der Waals surface area contributed by atoms with Gasteiger partial charge in [-0.1, -0.05) is 6.92 Å². The van der Waals surface area contributed by atoms with Gasteiger partial charge in [-0.25, -0.2) is 9.97 Å².